The minimum atomic E-state index is 0.153. The van der Waals surface area contributed by atoms with E-state index in [1.807, 2.05) is 24.1 Å². The molecule has 0 spiro atoms. The molecule has 0 fully saturated rings. The maximum atomic E-state index is 8.94. The van der Waals surface area contributed by atoms with Crippen LogP contribution in [0.1, 0.15) is 20.3 Å². The van der Waals surface area contributed by atoms with Crippen LogP contribution in [0.15, 0.2) is 22.8 Å². The Morgan fingerprint density at radius 2 is 2.12 bits per heavy atom. The first-order chi connectivity index (χ1) is 7.74. The van der Waals surface area contributed by atoms with Gasteiger partial charge in [-0.1, -0.05) is 19.1 Å². The van der Waals surface area contributed by atoms with Crippen molar-refractivity contribution in [2.75, 3.05) is 32.9 Å². The summed E-state index contributed by atoms with van der Waals surface area (Å²) in [6.45, 7) is 7.06. The summed E-state index contributed by atoms with van der Waals surface area (Å²) >= 11 is 3.47. The van der Waals surface area contributed by atoms with Gasteiger partial charge >= 0.3 is 0 Å². The molecule has 3 nitrogen and oxygen atoms in total. The van der Waals surface area contributed by atoms with Crippen molar-refractivity contribution < 1.29 is 9.84 Å². The van der Waals surface area contributed by atoms with Crippen LogP contribution in [0.3, 0.4) is 0 Å². The number of aliphatic hydroxyl groups is 1. The fourth-order valence-electron chi connectivity index (χ4n) is 1.14. The number of hydrogen-bond acceptors (Lipinski definition) is 3. The van der Waals surface area contributed by atoms with E-state index in [4.69, 9.17) is 9.84 Å². The third-order valence-electron chi connectivity index (χ3n) is 1.93. The van der Waals surface area contributed by atoms with Crippen LogP contribution in [-0.2, 0) is 4.74 Å². The Morgan fingerprint density at radius 3 is 2.69 bits per heavy atom. The quantitative estimate of drug-likeness (QED) is 0.523. The zero-order valence-electron chi connectivity index (χ0n) is 10.2. The van der Waals surface area contributed by atoms with E-state index in [9.17, 15) is 0 Å². The molecule has 16 heavy (non-hydrogen) atoms. The van der Waals surface area contributed by atoms with Gasteiger partial charge in [0.2, 0.25) is 0 Å². The molecule has 0 heterocycles. The highest BCUT2D eigenvalue weighted by atomic mass is 79.9. The van der Waals surface area contributed by atoms with Gasteiger partial charge in [-0.3, -0.25) is 0 Å². The Morgan fingerprint density at radius 1 is 1.38 bits per heavy atom. The summed E-state index contributed by atoms with van der Waals surface area (Å²) in [5, 5.41) is 8.94. The standard InChI is InChI=1S/C12H22BrNO2/c1-3-5-6-12(13)11-14(7-9-15)8-10-16-4-2/h5-6,11,15H,3-4,7-10H2,1-2H3/b6-5-,12-11+. The Labute approximate surface area is 107 Å². The van der Waals surface area contributed by atoms with Crippen molar-refractivity contribution in [3.63, 3.8) is 0 Å². The average molecular weight is 292 g/mol. The third kappa shape index (κ3) is 8.95. The van der Waals surface area contributed by atoms with Gasteiger partial charge in [-0.25, -0.2) is 0 Å². The molecule has 0 saturated heterocycles. The zero-order valence-corrected chi connectivity index (χ0v) is 11.7. The Hall–Kier alpha value is -0.320. The number of hydrogen-bond donors (Lipinski definition) is 1. The molecule has 0 atom stereocenters. The molecule has 94 valence electrons. The molecule has 0 bridgehead atoms. The second-order valence-electron chi connectivity index (χ2n) is 3.28. The van der Waals surface area contributed by atoms with E-state index in [2.05, 4.69) is 28.9 Å². The number of nitrogens with zero attached hydrogens (tertiary/aromatic N) is 1. The van der Waals surface area contributed by atoms with Crippen molar-refractivity contribution in [1.82, 2.24) is 4.90 Å². The van der Waals surface area contributed by atoms with Crippen molar-refractivity contribution in [3.05, 3.63) is 22.8 Å². The predicted octanol–water partition coefficient (Wildman–Crippen LogP) is 2.52. The van der Waals surface area contributed by atoms with Crippen molar-refractivity contribution in [2.24, 2.45) is 0 Å². The van der Waals surface area contributed by atoms with Crippen molar-refractivity contribution >= 4 is 15.9 Å². The van der Waals surface area contributed by atoms with E-state index in [1.165, 1.54) is 0 Å². The van der Waals surface area contributed by atoms with Crippen LogP contribution in [0.4, 0.5) is 0 Å². The van der Waals surface area contributed by atoms with Crippen LogP contribution in [0.2, 0.25) is 0 Å². The molecule has 0 aromatic carbocycles. The predicted molar refractivity (Wildman–Crippen MR) is 71.6 cm³/mol. The van der Waals surface area contributed by atoms with Gasteiger partial charge in [0.1, 0.15) is 0 Å². The maximum absolute atomic E-state index is 8.94. The SMILES string of the molecule is CC/C=C\C(Br)=C/N(CCO)CCOCC. The third-order valence-corrected chi connectivity index (χ3v) is 2.40. The van der Waals surface area contributed by atoms with Crippen LogP contribution in [-0.4, -0.2) is 42.9 Å². The molecule has 1 N–H and O–H groups in total. The van der Waals surface area contributed by atoms with E-state index in [1.54, 1.807) is 0 Å². The summed E-state index contributed by atoms with van der Waals surface area (Å²) in [5.74, 6) is 0. The molecule has 0 unspecified atom stereocenters. The van der Waals surface area contributed by atoms with Gasteiger partial charge in [-0.2, -0.15) is 0 Å². The number of halogens is 1. The fraction of sp³-hybridized carbons (Fsp3) is 0.667. The molecule has 0 aromatic rings. The molecule has 0 aliphatic heterocycles. The number of rotatable bonds is 9. The highest BCUT2D eigenvalue weighted by Gasteiger charge is 1.99. The smallest absolute Gasteiger partial charge is 0.0641 e. The van der Waals surface area contributed by atoms with Crippen molar-refractivity contribution in [3.8, 4) is 0 Å². The lowest BCUT2D eigenvalue weighted by Crippen LogP contribution is -2.25. The Bertz CT molecular complexity index is 217. The molecule has 0 rings (SSSR count). The Kier molecular flexibility index (Phi) is 11.0. The molecule has 0 radical (unpaired) electrons. The second kappa shape index (κ2) is 11.2. The van der Waals surface area contributed by atoms with Gasteiger partial charge in [0.25, 0.3) is 0 Å². The normalized spacial score (nSPS) is 12.4. The van der Waals surface area contributed by atoms with E-state index >= 15 is 0 Å². The molecular formula is C12H22BrNO2. The lowest BCUT2D eigenvalue weighted by molar-refractivity contribution is 0.121. The Balaban J connectivity index is 4.12. The van der Waals surface area contributed by atoms with Gasteiger partial charge in [0, 0.05) is 30.4 Å². The molecule has 0 amide bonds. The maximum Gasteiger partial charge on any atom is 0.0641 e. The minimum absolute atomic E-state index is 0.153. The summed E-state index contributed by atoms with van der Waals surface area (Å²) in [5.41, 5.74) is 0. The molecule has 0 saturated carbocycles. The van der Waals surface area contributed by atoms with Crippen LogP contribution >= 0.6 is 15.9 Å². The van der Waals surface area contributed by atoms with Crippen molar-refractivity contribution in [2.45, 2.75) is 20.3 Å². The van der Waals surface area contributed by atoms with Gasteiger partial charge in [0.15, 0.2) is 0 Å². The summed E-state index contributed by atoms with van der Waals surface area (Å²) in [7, 11) is 0. The van der Waals surface area contributed by atoms with Crippen LogP contribution in [0, 0.1) is 0 Å². The largest absolute Gasteiger partial charge is 0.395 e. The van der Waals surface area contributed by atoms with Crippen LogP contribution in [0.5, 0.6) is 0 Å². The van der Waals surface area contributed by atoms with E-state index in [0.717, 1.165) is 24.1 Å². The summed E-state index contributed by atoms with van der Waals surface area (Å²) in [6, 6.07) is 0. The number of allylic oxidation sites excluding steroid dienone is 3. The van der Waals surface area contributed by atoms with E-state index in [-0.39, 0.29) is 6.61 Å². The highest BCUT2D eigenvalue weighted by Crippen LogP contribution is 2.09. The monoisotopic (exact) mass is 291 g/mol. The van der Waals surface area contributed by atoms with Gasteiger partial charge in [0.05, 0.1) is 13.2 Å². The van der Waals surface area contributed by atoms with Crippen LogP contribution < -0.4 is 0 Å². The van der Waals surface area contributed by atoms with Gasteiger partial charge in [-0.15, -0.1) is 0 Å². The summed E-state index contributed by atoms with van der Waals surface area (Å²) < 4.78 is 6.30. The molecule has 0 aromatic heterocycles. The summed E-state index contributed by atoms with van der Waals surface area (Å²) in [6.07, 6.45) is 7.11. The molecule has 4 heteroatoms. The van der Waals surface area contributed by atoms with E-state index < -0.39 is 0 Å². The molecule has 0 aliphatic carbocycles. The van der Waals surface area contributed by atoms with Gasteiger partial charge < -0.3 is 14.7 Å². The number of ether oxygens (including phenoxy) is 1. The lowest BCUT2D eigenvalue weighted by atomic mass is 10.4. The molecule has 0 aliphatic rings. The second-order valence-corrected chi connectivity index (χ2v) is 4.20. The van der Waals surface area contributed by atoms with Crippen LogP contribution in [0.25, 0.3) is 0 Å². The first-order valence-electron chi connectivity index (χ1n) is 5.71. The number of aliphatic hydroxyl groups excluding tert-OH is 1. The average Bonchev–Trinajstić information content (AvgIpc) is 2.27. The van der Waals surface area contributed by atoms with Crippen molar-refractivity contribution in [1.29, 1.82) is 0 Å². The minimum Gasteiger partial charge on any atom is -0.395 e. The summed E-state index contributed by atoms with van der Waals surface area (Å²) in [4.78, 5) is 2.04. The first-order valence-corrected chi connectivity index (χ1v) is 6.50. The highest BCUT2D eigenvalue weighted by molar-refractivity contribution is 9.11. The fourth-order valence-corrected chi connectivity index (χ4v) is 1.62. The molecular weight excluding hydrogens is 270 g/mol. The van der Waals surface area contributed by atoms with E-state index in [0.29, 0.717) is 13.2 Å². The van der Waals surface area contributed by atoms with Gasteiger partial charge in [-0.05, 0) is 29.3 Å². The zero-order chi connectivity index (χ0) is 12.2. The first kappa shape index (κ1) is 15.7. The topological polar surface area (TPSA) is 32.7 Å². The lowest BCUT2D eigenvalue weighted by Gasteiger charge is -2.19.